The molecule has 1 fully saturated rings. The van der Waals surface area contributed by atoms with Gasteiger partial charge in [0.05, 0.1) is 11.3 Å². The van der Waals surface area contributed by atoms with Crippen molar-refractivity contribution in [2.45, 2.75) is 10.5 Å². The molecule has 1 aromatic carbocycles. The number of benzene rings is 1. The van der Waals surface area contributed by atoms with Gasteiger partial charge in [-0.05, 0) is 18.2 Å². The van der Waals surface area contributed by atoms with Crippen LogP contribution in [0.2, 0.25) is 0 Å². The van der Waals surface area contributed by atoms with Crippen LogP contribution < -0.4 is 10.6 Å². The lowest BCUT2D eigenvalue weighted by Crippen LogP contribution is -2.49. The SMILES string of the molecule is Nc1nnc(SCC(=O)N2CCN(c3cccc(C(F)(F)F)c3)CC2)s1. The van der Waals surface area contributed by atoms with E-state index in [1.807, 2.05) is 4.90 Å². The molecule has 0 radical (unpaired) electrons. The van der Waals surface area contributed by atoms with Gasteiger partial charge in [-0.15, -0.1) is 10.2 Å². The molecule has 0 spiro atoms. The van der Waals surface area contributed by atoms with Crippen LogP contribution in [0.5, 0.6) is 0 Å². The minimum Gasteiger partial charge on any atom is -0.374 e. The molecular formula is C15H16F3N5OS2. The summed E-state index contributed by atoms with van der Waals surface area (Å²) in [5.74, 6) is 0.200. The van der Waals surface area contributed by atoms with E-state index in [9.17, 15) is 18.0 Å². The first-order valence-electron chi connectivity index (χ1n) is 7.75. The molecule has 3 rings (SSSR count). The lowest BCUT2D eigenvalue weighted by Gasteiger charge is -2.36. The largest absolute Gasteiger partial charge is 0.416 e. The first-order valence-corrected chi connectivity index (χ1v) is 9.55. The van der Waals surface area contributed by atoms with Crippen molar-refractivity contribution >= 4 is 39.8 Å². The predicted molar refractivity (Wildman–Crippen MR) is 95.3 cm³/mol. The van der Waals surface area contributed by atoms with Crippen molar-refractivity contribution in [2.24, 2.45) is 0 Å². The van der Waals surface area contributed by atoms with E-state index in [0.29, 0.717) is 41.3 Å². The van der Waals surface area contributed by atoms with E-state index >= 15 is 0 Å². The normalized spacial score (nSPS) is 15.3. The van der Waals surface area contributed by atoms with E-state index in [1.54, 1.807) is 11.0 Å². The number of aromatic nitrogens is 2. The minimum atomic E-state index is -4.36. The summed E-state index contributed by atoms with van der Waals surface area (Å²) >= 11 is 2.50. The minimum absolute atomic E-state index is 0.0348. The Morgan fingerprint density at radius 1 is 1.23 bits per heavy atom. The van der Waals surface area contributed by atoms with Gasteiger partial charge >= 0.3 is 6.18 Å². The zero-order chi connectivity index (χ0) is 18.7. The summed E-state index contributed by atoms with van der Waals surface area (Å²) in [6.07, 6.45) is -4.36. The van der Waals surface area contributed by atoms with Crippen LogP contribution in [-0.4, -0.2) is 52.9 Å². The van der Waals surface area contributed by atoms with Crippen molar-refractivity contribution in [2.75, 3.05) is 42.6 Å². The summed E-state index contributed by atoms with van der Waals surface area (Å²) in [7, 11) is 0. The number of nitrogen functional groups attached to an aromatic ring is 1. The maximum atomic E-state index is 12.8. The molecule has 1 amide bonds. The summed E-state index contributed by atoms with van der Waals surface area (Å²) in [6.45, 7) is 1.91. The van der Waals surface area contributed by atoms with Crippen molar-refractivity contribution in [3.8, 4) is 0 Å². The van der Waals surface area contributed by atoms with Crippen LogP contribution in [0.15, 0.2) is 28.6 Å². The number of hydrogen-bond acceptors (Lipinski definition) is 7. The topological polar surface area (TPSA) is 75.3 Å². The number of thioether (sulfide) groups is 1. The van der Waals surface area contributed by atoms with Crippen molar-refractivity contribution in [1.82, 2.24) is 15.1 Å². The Balaban J connectivity index is 1.53. The quantitative estimate of drug-likeness (QED) is 0.791. The van der Waals surface area contributed by atoms with E-state index < -0.39 is 11.7 Å². The summed E-state index contributed by atoms with van der Waals surface area (Å²) in [5.41, 5.74) is 5.35. The Hall–Kier alpha value is -2.01. The predicted octanol–water partition coefficient (Wildman–Crippen LogP) is 2.58. The van der Waals surface area contributed by atoms with Crippen LogP contribution in [0, 0.1) is 0 Å². The van der Waals surface area contributed by atoms with Crippen LogP contribution in [0.3, 0.4) is 0 Å². The number of hydrogen-bond donors (Lipinski definition) is 1. The number of amides is 1. The number of carbonyl (C=O) groups excluding carboxylic acids is 1. The highest BCUT2D eigenvalue weighted by molar-refractivity contribution is 8.01. The monoisotopic (exact) mass is 403 g/mol. The molecule has 2 aromatic rings. The zero-order valence-electron chi connectivity index (χ0n) is 13.6. The average Bonchev–Trinajstić information content (AvgIpc) is 3.04. The molecule has 140 valence electrons. The van der Waals surface area contributed by atoms with Gasteiger partial charge in [0.2, 0.25) is 11.0 Å². The molecule has 1 aliphatic heterocycles. The molecular weight excluding hydrogens is 387 g/mol. The fraction of sp³-hybridized carbons (Fsp3) is 0.400. The van der Waals surface area contributed by atoms with Crippen molar-refractivity contribution in [3.05, 3.63) is 29.8 Å². The van der Waals surface area contributed by atoms with Crippen LogP contribution in [0.1, 0.15) is 5.56 Å². The van der Waals surface area contributed by atoms with Gasteiger partial charge in [0, 0.05) is 31.9 Å². The lowest BCUT2D eigenvalue weighted by atomic mass is 10.1. The van der Waals surface area contributed by atoms with E-state index in [2.05, 4.69) is 10.2 Å². The maximum absolute atomic E-state index is 12.8. The molecule has 0 unspecified atom stereocenters. The smallest absolute Gasteiger partial charge is 0.374 e. The van der Waals surface area contributed by atoms with Crippen molar-refractivity contribution < 1.29 is 18.0 Å². The van der Waals surface area contributed by atoms with E-state index in [-0.39, 0.29) is 11.7 Å². The molecule has 0 atom stereocenters. The molecule has 6 nitrogen and oxygen atoms in total. The summed E-state index contributed by atoms with van der Waals surface area (Å²) in [6, 6.07) is 5.26. The summed E-state index contributed by atoms with van der Waals surface area (Å²) < 4.78 is 39.2. The molecule has 11 heteroatoms. The highest BCUT2D eigenvalue weighted by Gasteiger charge is 2.31. The van der Waals surface area contributed by atoms with Crippen LogP contribution in [-0.2, 0) is 11.0 Å². The number of carbonyl (C=O) groups is 1. The van der Waals surface area contributed by atoms with Gasteiger partial charge in [-0.2, -0.15) is 13.2 Å². The third-order valence-electron chi connectivity index (χ3n) is 3.91. The number of anilines is 2. The molecule has 1 saturated heterocycles. The fourth-order valence-corrected chi connectivity index (χ4v) is 4.13. The maximum Gasteiger partial charge on any atom is 0.416 e. The van der Waals surface area contributed by atoms with Gasteiger partial charge in [-0.3, -0.25) is 4.79 Å². The zero-order valence-corrected chi connectivity index (χ0v) is 15.2. The molecule has 2 N–H and O–H groups in total. The van der Waals surface area contributed by atoms with Gasteiger partial charge in [0.25, 0.3) is 0 Å². The van der Waals surface area contributed by atoms with E-state index in [0.717, 1.165) is 12.1 Å². The molecule has 0 saturated carbocycles. The third-order valence-corrected chi connectivity index (χ3v) is 5.78. The van der Waals surface area contributed by atoms with Crippen LogP contribution in [0.25, 0.3) is 0 Å². The lowest BCUT2D eigenvalue weighted by molar-refractivity contribution is -0.137. The Kier molecular flexibility index (Phi) is 5.56. The van der Waals surface area contributed by atoms with Gasteiger partial charge < -0.3 is 15.5 Å². The van der Waals surface area contributed by atoms with Crippen molar-refractivity contribution in [1.29, 1.82) is 0 Å². The van der Waals surface area contributed by atoms with Gasteiger partial charge in [-0.1, -0.05) is 29.2 Å². The Labute approximate surface area is 156 Å². The highest BCUT2D eigenvalue weighted by Crippen LogP contribution is 2.32. The Bertz CT molecular complexity index is 775. The summed E-state index contributed by atoms with van der Waals surface area (Å²) in [4.78, 5) is 15.8. The molecule has 26 heavy (non-hydrogen) atoms. The number of rotatable bonds is 4. The standard InChI is InChI=1S/C15H16F3N5OS2/c16-15(17,18)10-2-1-3-11(8-10)22-4-6-23(7-5-22)12(24)9-25-14-21-20-13(19)26-14/h1-3,8H,4-7,9H2,(H2,19,20). The molecule has 2 heterocycles. The number of nitrogens with two attached hydrogens (primary N) is 1. The second-order valence-corrected chi connectivity index (χ2v) is 7.84. The van der Waals surface area contributed by atoms with Gasteiger partial charge in [-0.25, -0.2) is 0 Å². The van der Waals surface area contributed by atoms with E-state index in [1.165, 1.54) is 29.2 Å². The highest BCUT2D eigenvalue weighted by atomic mass is 32.2. The number of piperazine rings is 1. The Morgan fingerprint density at radius 3 is 2.58 bits per heavy atom. The number of halogens is 3. The van der Waals surface area contributed by atoms with Gasteiger partial charge in [0.15, 0.2) is 4.34 Å². The molecule has 1 aromatic heterocycles. The molecule has 1 aliphatic rings. The third kappa shape index (κ3) is 4.58. The van der Waals surface area contributed by atoms with Crippen LogP contribution >= 0.6 is 23.1 Å². The number of alkyl halides is 3. The number of nitrogens with zero attached hydrogens (tertiary/aromatic N) is 4. The first kappa shape index (κ1) is 18.8. The first-order chi connectivity index (χ1) is 12.3. The molecule has 0 bridgehead atoms. The summed E-state index contributed by atoms with van der Waals surface area (Å²) in [5, 5.41) is 7.89. The average molecular weight is 403 g/mol. The Morgan fingerprint density at radius 2 is 1.96 bits per heavy atom. The fourth-order valence-electron chi connectivity index (χ4n) is 2.59. The second kappa shape index (κ2) is 7.70. The van der Waals surface area contributed by atoms with Gasteiger partial charge in [0.1, 0.15) is 0 Å². The second-order valence-electron chi connectivity index (χ2n) is 5.61. The van der Waals surface area contributed by atoms with Crippen LogP contribution in [0.4, 0.5) is 24.0 Å². The van der Waals surface area contributed by atoms with Crippen molar-refractivity contribution in [3.63, 3.8) is 0 Å². The van der Waals surface area contributed by atoms with E-state index in [4.69, 9.17) is 5.73 Å². The molecule has 0 aliphatic carbocycles.